The van der Waals surface area contributed by atoms with Crippen molar-refractivity contribution >= 4 is 17.5 Å². The van der Waals surface area contributed by atoms with Crippen LogP contribution < -0.4 is 0 Å². The van der Waals surface area contributed by atoms with Crippen LogP contribution in [-0.2, 0) is 16.1 Å². The molecule has 1 amide bonds. The number of hydrogen-bond donors (Lipinski definition) is 0. The number of ketones is 2. The van der Waals surface area contributed by atoms with E-state index in [1.807, 2.05) is 0 Å². The molecule has 0 saturated heterocycles. The van der Waals surface area contributed by atoms with Crippen molar-refractivity contribution in [3.05, 3.63) is 35.4 Å². The van der Waals surface area contributed by atoms with Gasteiger partial charge in [-0.15, -0.1) is 0 Å². The van der Waals surface area contributed by atoms with Gasteiger partial charge in [-0.05, 0) is 18.4 Å². The summed E-state index contributed by atoms with van der Waals surface area (Å²) in [7, 11) is 1.68. The fourth-order valence-corrected chi connectivity index (χ4v) is 2.14. The Morgan fingerprint density at radius 3 is 2.17 bits per heavy atom. The van der Waals surface area contributed by atoms with Crippen LogP contribution in [0.4, 0.5) is 13.2 Å². The molecule has 0 atom stereocenters. The minimum Gasteiger partial charge on any atom is -0.341 e. The van der Waals surface area contributed by atoms with E-state index in [1.165, 1.54) is 12.1 Å². The first-order valence-corrected chi connectivity index (χ1v) is 7.15. The lowest BCUT2D eigenvalue weighted by Gasteiger charge is -2.17. The van der Waals surface area contributed by atoms with Crippen LogP contribution in [0.3, 0.4) is 0 Å². The Hall–Kier alpha value is -2.18. The molecule has 124 valence electrons. The zero-order valence-electron chi connectivity index (χ0n) is 12.5. The molecule has 1 fully saturated rings. The van der Waals surface area contributed by atoms with E-state index in [2.05, 4.69) is 0 Å². The van der Waals surface area contributed by atoms with Gasteiger partial charge < -0.3 is 4.90 Å². The summed E-state index contributed by atoms with van der Waals surface area (Å²) in [5, 5.41) is 0. The molecule has 0 aromatic heterocycles. The number of benzene rings is 1. The summed E-state index contributed by atoms with van der Waals surface area (Å²) in [4.78, 5) is 35.9. The first-order chi connectivity index (χ1) is 10.7. The van der Waals surface area contributed by atoms with Crippen LogP contribution in [0, 0.1) is 5.92 Å². The molecule has 1 aromatic carbocycles. The minimum atomic E-state index is -5.00. The van der Waals surface area contributed by atoms with E-state index in [9.17, 15) is 27.6 Å². The number of carbonyl (C=O) groups excluding carboxylic acids is 3. The summed E-state index contributed by atoms with van der Waals surface area (Å²) in [6, 6.07) is 5.89. The van der Waals surface area contributed by atoms with Crippen molar-refractivity contribution in [1.82, 2.24) is 4.90 Å². The zero-order valence-corrected chi connectivity index (χ0v) is 12.5. The number of halogens is 3. The summed E-state index contributed by atoms with van der Waals surface area (Å²) in [5.41, 5.74) is 0.808. The van der Waals surface area contributed by atoms with Crippen molar-refractivity contribution in [1.29, 1.82) is 0 Å². The average Bonchev–Trinajstić information content (AvgIpc) is 3.30. The largest absolute Gasteiger partial charge is 0.450 e. The fourth-order valence-electron chi connectivity index (χ4n) is 2.14. The Kier molecular flexibility index (Phi) is 4.87. The Morgan fingerprint density at radius 2 is 1.70 bits per heavy atom. The van der Waals surface area contributed by atoms with Crippen LogP contribution in [-0.4, -0.2) is 35.6 Å². The smallest absolute Gasteiger partial charge is 0.341 e. The molecule has 23 heavy (non-hydrogen) atoms. The Balaban J connectivity index is 1.94. The lowest BCUT2D eigenvalue weighted by Crippen LogP contribution is -2.27. The monoisotopic (exact) mass is 327 g/mol. The molecular weight excluding hydrogens is 311 g/mol. The number of nitrogens with zero attached hydrogens (tertiary/aromatic N) is 1. The van der Waals surface area contributed by atoms with Gasteiger partial charge in [0.15, 0.2) is 5.78 Å². The summed E-state index contributed by atoms with van der Waals surface area (Å²) in [6.07, 6.45) is -4.38. The normalized spacial score (nSPS) is 14.4. The molecule has 1 aliphatic carbocycles. The van der Waals surface area contributed by atoms with Gasteiger partial charge in [0.25, 0.3) is 0 Å². The molecule has 1 aromatic rings. The maximum Gasteiger partial charge on any atom is 0.450 e. The van der Waals surface area contributed by atoms with Crippen molar-refractivity contribution in [3.63, 3.8) is 0 Å². The molecule has 1 saturated carbocycles. The van der Waals surface area contributed by atoms with Crippen molar-refractivity contribution < 1.29 is 27.6 Å². The van der Waals surface area contributed by atoms with Crippen LogP contribution in [0.2, 0.25) is 0 Å². The highest BCUT2D eigenvalue weighted by Crippen LogP contribution is 2.31. The highest BCUT2D eigenvalue weighted by molar-refractivity contribution is 6.09. The van der Waals surface area contributed by atoms with Crippen LogP contribution in [0.1, 0.15) is 35.2 Å². The first-order valence-electron chi connectivity index (χ1n) is 7.15. The second-order valence-electron chi connectivity index (χ2n) is 5.69. The van der Waals surface area contributed by atoms with Gasteiger partial charge in [0.2, 0.25) is 11.7 Å². The molecule has 0 heterocycles. The van der Waals surface area contributed by atoms with Gasteiger partial charge in [-0.3, -0.25) is 14.4 Å². The van der Waals surface area contributed by atoms with Crippen LogP contribution in [0.25, 0.3) is 0 Å². The molecule has 0 radical (unpaired) electrons. The van der Waals surface area contributed by atoms with Gasteiger partial charge >= 0.3 is 6.18 Å². The second kappa shape index (κ2) is 6.52. The highest BCUT2D eigenvalue weighted by Gasteiger charge is 2.39. The topological polar surface area (TPSA) is 54.5 Å². The predicted molar refractivity (Wildman–Crippen MR) is 75.6 cm³/mol. The minimum absolute atomic E-state index is 0.0440. The van der Waals surface area contributed by atoms with Crippen LogP contribution in [0.5, 0.6) is 0 Å². The number of hydrogen-bond acceptors (Lipinski definition) is 3. The second-order valence-corrected chi connectivity index (χ2v) is 5.69. The van der Waals surface area contributed by atoms with E-state index in [0.717, 1.165) is 18.4 Å². The van der Waals surface area contributed by atoms with Crippen molar-refractivity contribution in [2.24, 2.45) is 5.92 Å². The third-order valence-corrected chi connectivity index (χ3v) is 3.64. The zero-order chi connectivity index (χ0) is 17.2. The third-order valence-electron chi connectivity index (χ3n) is 3.64. The molecule has 1 aliphatic rings. The van der Waals surface area contributed by atoms with E-state index in [-0.39, 0.29) is 17.4 Å². The number of amides is 1. The van der Waals surface area contributed by atoms with E-state index in [4.69, 9.17) is 0 Å². The lowest BCUT2D eigenvalue weighted by molar-refractivity contribution is -0.170. The number of carbonyl (C=O) groups is 3. The van der Waals surface area contributed by atoms with E-state index >= 15 is 0 Å². The number of alkyl halides is 3. The Bertz CT molecular complexity index is 618. The van der Waals surface area contributed by atoms with E-state index in [1.54, 1.807) is 24.1 Å². The third kappa shape index (κ3) is 4.64. The predicted octanol–water partition coefficient (Wildman–Crippen LogP) is 2.76. The fraction of sp³-hybridized carbons (Fsp3) is 0.438. The van der Waals surface area contributed by atoms with Gasteiger partial charge in [0, 0.05) is 25.1 Å². The molecule has 2 rings (SSSR count). The molecule has 0 spiro atoms. The maximum atomic E-state index is 12.1. The standard InChI is InChI=1S/C16H16F3NO3/c1-20(15(23)12-6-7-12)9-10-2-4-11(5-3-10)13(21)8-14(22)16(17,18)19/h2-5,12H,6-9H2,1H3. The molecule has 0 unspecified atom stereocenters. The maximum absolute atomic E-state index is 12.1. The average molecular weight is 327 g/mol. The Labute approximate surface area is 131 Å². The lowest BCUT2D eigenvalue weighted by atomic mass is 10.0. The van der Waals surface area contributed by atoms with E-state index < -0.39 is 24.2 Å². The summed E-state index contributed by atoms with van der Waals surface area (Å²) >= 11 is 0. The molecule has 0 aliphatic heterocycles. The Morgan fingerprint density at radius 1 is 1.13 bits per heavy atom. The SMILES string of the molecule is CN(Cc1ccc(C(=O)CC(=O)C(F)(F)F)cc1)C(=O)C1CC1. The molecule has 4 nitrogen and oxygen atoms in total. The summed E-state index contributed by atoms with van der Waals surface area (Å²) in [5.74, 6) is -2.75. The molecule has 0 N–H and O–H groups in total. The molecule has 0 bridgehead atoms. The molecule has 7 heteroatoms. The summed E-state index contributed by atoms with van der Waals surface area (Å²) in [6.45, 7) is 0.366. The van der Waals surface area contributed by atoms with Crippen molar-refractivity contribution in [2.45, 2.75) is 32.0 Å². The van der Waals surface area contributed by atoms with Crippen molar-refractivity contribution in [3.8, 4) is 0 Å². The van der Waals surface area contributed by atoms with Gasteiger partial charge in [-0.25, -0.2) is 0 Å². The van der Waals surface area contributed by atoms with Gasteiger partial charge in [-0.2, -0.15) is 13.2 Å². The van der Waals surface area contributed by atoms with Gasteiger partial charge in [-0.1, -0.05) is 24.3 Å². The van der Waals surface area contributed by atoms with Crippen LogP contribution in [0.15, 0.2) is 24.3 Å². The van der Waals surface area contributed by atoms with Crippen LogP contribution >= 0.6 is 0 Å². The number of rotatable bonds is 6. The quantitative estimate of drug-likeness (QED) is 0.596. The number of Topliss-reactive ketones (excluding diaryl/α,β-unsaturated/α-hetero) is 2. The van der Waals surface area contributed by atoms with Gasteiger partial charge in [0.05, 0.1) is 6.42 Å². The summed E-state index contributed by atoms with van der Waals surface area (Å²) < 4.78 is 36.4. The van der Waals surface area contributed by atoms with E-state index in [0.29, 0.717) is 6.54 Å². The first kappa shape index (κ1) is 17.2. The van der Waals surface area contributed by atoms with Gasteiger partial charge in [0.1, 0.15) is 0 Å². The highest BCUT2D eigenvalue weighted by atomic mass is 19.4. The van der Waals surface area contributed by atoms with Crippen molar-refractivity contribution in [2.75, 3.05) is 7.05 Å². The molecular formula is C16H16F3NO3.